The highest BCUT2D eigenvalue weighted by atomic mass is 15.0. The molecule has 0 saturated carbocycles. The monoisotopic (exact) mass is 723 g/mol. The summed E-state index contributed by atoms with van der Waals surface area (Å²) in [5.74, 6) is 0. The van der Waals surface area contributed by atoms with E-state index in [0.29, 0.717) is 0 Å². The van der Waals surface area contributed by atoms with Crippen LogP contribution in [0.2, 0.25) is 0 Å². The quantitative estimate of drug-likeness (QED) is 0.151. The van der Waals surface area contributed by atoms with Crippen LogP contribution in [0.5, 0.6) is 0 Å². The third-order valence-corrected chi connectivity index (χ3v) is 11.6. The van der Waals surface area contributed by atoms with Gasteiger partial charge in [0, 0.05) is 16.5 Å². The third-order valence-electron chi connectivity index (χ3n) is 11.6. The summed E-state index contributed by atoms with van der Waals surface area (Å²) >= 11 is 0. The van der Waals surface area contributed by atoms with E-state index in [1.165, 1.54) is 105 Å². The number of hydrogen-bond donors (Lipinski definition) is 0. The molecule has 0 amide bonds. The summed E-state index contributed by atoms with van der Waals surface area (Å²) in [6.45, 7) is 0. The summed E-state index contributed by atoms with van der Waals surface area (Å²) in [6, 6.07) is 81.9. The maximum Gasteiger partial charge on any atom is 0.0541 e. The number of aromatic nitrogens is 1. The van der Waals surface area contributed by atoms with E-state index >= 15 is 0 Å². The van der Waals surface area contributed by atoms with Crippen molar-refractivity contribution >= 4 is 43.4 Å². The van der Waals surface area contributed by atoms with Gasteiger partial charge in [0.15, 0.2) is 0 Å². The SMILES string of the molecule is c1ccc(-c2c3ccccc3c(-c3ccccc3)c3cc(-c4cccc(-c5cccc(-c6ccc7c(c6)c6ccccc6n7-c6ccccc6)c5)c4)ccc23)cc1. The van der Waals surface area contributed by atoms with Crippen molar-refractivity contribution in [2.24, 2.45) is 0 Å². The van der Waals surface area contributed by atoms with Gasteiger partial charge in [-0.05, 0) is 126 Å². The Labute approximate surface area is 332 Å². The van der Waals surface area contributed by atoms with Crippen molar-refractivity contribution in [1.82, 2.24) is 4.57 Å². The maximum absolute atomic E-state index is 2.41. The first-order valence-electron chi connectivity index (χ1n) is 19.7. The van der Waals surface area contributed by atoms with Crippen LogP contribution in [0.25, 0.3) is 105 Å². The van der Waals surface area contributed by atoms with E-state index in [4.69, 9.17) is 0 Å². The summed E-state index contributed by atoms with van der Waals surface area (Å²) in [6.07, 6.45) is 0. The fourth-order valence-electron chi connectivity index (χ4n) is 8.95. The molecule has 0 spiro atoms. The zero-order valence-electron chi connectivity index (χ0n) is 31.3. The molecule has 1 heteroatoms. The average Bonchev–Trinajstić information content (AvgIpc) is 3.62. The van der Waals surface area contributed by atoms with E-state index in [2.05, 4.69) is 229 Å². The predicted molar refractivity (Wildman–Crippen MR) is 243 cm³/mol. The van der Waals surface area contributed by atoms with Crippen LogP contribution in [-0.2, 0) is 0 Å². The number of para-hydroxylation sites is 2. The van der Waals surface area contributed by atoms with Crippen molar-refractivity contribution in [3.05, 3.63) is 224 Å². The van der Waals surface area contributed by atoms with Crippen LogP contribution < -0.4 is 0 Å². The summed E-state index contributed by atoms with van der Waals surface area (Å²) in [7, 11) is 0. The van der Waals surface area contributed by atoms with Crippen LogP contribution in [0.3, 0.4) is 0 Å². The lowest BCUT2D eigenvalue weighted by atomic mass is 9.85. The largest absolute Gasteiger partial charge is 0.309 e. The molecule has 1 heterocycles. The Morgan fingerprint density at radius 3 is 1.18 bits per heavy atom. The topological polar surface area (TPSA) is 4.93 Å². The maximum atomic E-state index is 2.41. The molecule has 0 N–H and O–H groups in total. The van der Waals surface area contributed by atoms with Gasteiger partial charge in [-0.15, -0.1) is 0 Å². The Morgan fingerprint density at radius 2 is 0.596 bits per heavy atom. The molecule has 10 aromatic carbocycles. The fraction of sp³-hybridized carbons (Fsp3) is 0. The molecule has 0 fully saturated rings. The highest BCUT2D eigenvalue weighted by Gasteiger charge is 2.18. The van der Waals surface area contributed by atoms with Crippen LogP contribution >= 0.6 is 0 Å². The van der Waals surface area contributed by atoms with Crippen LogP contribution in [0.4, 0.5) is 0 Å². The number of rotatable bonds is 6. The van der Waals surface area contributed by atoms with E-state index in [9.17, 15) is 0 Å². The average molecular weight is 724 g/mol. The van der Waals surface area contributed by atoms with Crippen molar-refractivity contribution < 1.29 is 0 Å². The Morgan fingerprint density at radius 1 is 0.211 bits per heavy atom. The minimum atomic E-state index is 1.17. The fourth-order valence-corrected chi connectivity index (χ4v) is 8.95. The van der Waals surface area contributed by atoms with Crippen molar-refractivity contribution in [3.63, 3.8) is 0 Å². The van der Waals surface area contributed by atoms with Gasteiger partial charge in [-0.1, -0.05) is 176 Å². The highest BCUT2D eigenvalue weighted by Crippen LogP contribution is 2.45. The molecule has 11 rings (SSSR count). The van der Waals surface area contributed by atoms with E-state index in [1.807, 2.05) is 0 Å². The van der Waals surface area contributed by atoms with Crippen LogP contribution in [0, 0.1) is 0 Å². The molecule has 0 radical (unpaired) electrons. The van der Waals surface area contributed by atoms with E-state index in [0.717, 1.165) is 0 Å². The smallest absolute Gasteiger partial charge is 0.0541 e. The Kier molecular flexibility index (Phi) is 7.89. The van der Waals surface area contributed by atoms with Gasteiger partial charge in [0.2, 0.25) is 0 Å². The molecule has 0 saturated heterocycles. The van der Waals surface area contributed by atoms with E-state index < -0.39 is 0 Å². The lowest BCUT2D eigenvalue weighted by molar-refractivity contribution is 1.18. The highest BCUT2D eigenvalue weighted by molar-refractivity contribution is 6.22. The Balaban J connectivity index is 1.03. The van der Waals surface area contributed by atoms with Crippen molar-refractivity contribution in [2.45, 2.75) is 0 Å². The minimum Gasteiger partial charge on any atom is -0.309 e. The number of hydrogen-bond acceptors (Lipinski definition) is 0. The Bertz CT molecular complexity index is 3270. The molecule has 1 aromatic heterocycles. The molecule has 11 aromatic rings. The molecule has 0 bridgehead atoms. The van der Waals surface area contributed by atoms with Gasteiger partial charge >= 0.3 is 0 Å². The summed E-state index contributed by atoms with van der Waals surface area (Å²) in [5.41, 5.74) is 15.8. The number of nitrogens with zero attached hydrogens (tertiary/aromatic N) is 1. The first-order chi connectivity index (χ1) is 28.3. The van der Waals surface area contributed by atoms with Gasteiger partial charge in [0.25, 0.3) is 0 Å². The first kappa shape index (κ1) is 32.9. The van der Waals surface area contributed by atoms with Gasteiger partial charge in [0.05, 0.1) is 11.0 Å². The van der Waals surface area contributed by atoms with Gasteiger partial charge in [0.1, 0.15) is 0 Å². The van der Waals surface area contributed by atoms with Crippen LogP contribution in [0.15, 0.2) is 224 Å². The molecule has 0 atom stereocenters. The summed E-state index contributed by atoms with van der Waals surface area (Å²) < 4.78 is 2.37. The van der Waals surface area contributed by atoms with Gasteiger partial charge in [-0.25, -0.2) is 0 Å². The second kappa shape index (κ2) is 13.7. The number of fused-ring (bicyclic) bond motifs is 5. The second-order valence-corrected chi connectivity index (χ2v) is 14.9. The van der Waals surface area contributed by atoms with E-state index in [1.54, 1.807) is 0 Å². The standard InChI is InChI=1S/C56H37N/c1-4-16-38(17-5-1)55-48-27-10-11-28-49(48)56(39-18-6-2-7-19-39)52-37-44(30-32-50(52)55)42-22-14-20-40(34-42)41-21-15-23-43(35-41)45-31-33-54-51(36-45)47-26-12-13-29-53(47)57(54)46-24-8-3-9-25-46/h1-37H. The second-order valence-electron chi connectivity index (χ2n) is 14.9. The minimum absolute atomic E-state index is 1.17. The molecule has 0 aliphatic rings. The molecule has 0 aliphatic carbocycles. The molecular formula is C56H37N. The zero-order valence-corrected chi connectivity index (χ0v) is 31.3. The summed E-state index contributed by atoms with van der Waals surface area (Å²) in [5, 5.41) is 7.57. The third kappa shape index (κ3) is 5.63. The van der Waals surface area contributed by atoms with Crippen LogP contribution in [0.1, 0.15) is 0 Å². The normalized spacial score (nSPS) is 11.5. The summed E-state index contributed by atoms with van der Waals surface area (Å²) in [4.78, 5) is 0. The zero-order chi connectivity index (χ0) is 37.7. The first-order valence-corrected chi connectivity index (χ1v) is 19.7. The lowest BCUT2D eigenvalue weighted by Crippen LogP contribution is -1.92. The molecule has 266 valence electrons. The van der Waals surface area contributed by atoms with Crippen molar-refractivity contribution in [3.8, 4) is 61.3 Å². The molecule has 1 nitrogen and oxygen atoms in total. The van der Waals surface area contributed by atoms with Gasteiger partial charge in [-0.3, -0.25) is 0 Å². The Hall–Kier alpha value is -7.48. The predicted octanol–water partition coefficient (Wildman–Crippen LogP) is 15.4. The van der Waals surface area contributed by atoms with Gasteiger partial charge < -0.3 is 4.57 Å². The molecule has 0 aliphatic heterocycles. The van der Waals surface area contributed by atoms with Crippen molar-refractivity contribution in [2.75, 3.05) is 0 Å². The molecular weight excluding hydrogens is 687 g/mol. The van der Waals surface area contributed by atoms with Crippen molar-refractivity contribution in [1.29, 1.82) is 0 Å². The van der Waals surface area contributed by atoms with Gasteiger partial charge in [-0.2, -0.15) is 0 Å². The molecule has 57 heavy (non-hydrogen) atoms. The molecule has 0 unspecified atom stereocenters. The lowest BCUT2D eigenvalue weighted by Gasteiger charge is -2.19. The van der Waals surface area contributed by atoms with E-state index in [-0.39, 0.29) is 0 Å². The van der Waals surface area contributed by atoms with Crippen LogP contribution in [-0.4, -0.2) is 4.57 Å². The number of benzene rings is 10.